The Bertz CT molecular complexity index is 519. The summed E-state index contributed by atoms with van der Waals surface area (Å²) >= 11 is 0. The first kappa shape index (κ1) is 16.2. The standard InChI is InChI=1S/C21H26O2/c1-2-3-4-11-16-19-22-20(17-12-7-5-8-13-17)21(23-19)18-14-9-6-10-15-18/h5-10,12-15,19-21H,2-4,11,16H2,1H3/t20-,21-/m1/s1. The summed E-state index contributed by atoms with van der Waals surface area (Å²) in [6.45, 7) is 2.24. The van der Waals surface area contributed by atoms with Crippen molar-refractivity contribution in [3.05, 3.63) is 71.8 Å². The number of benzene rings is 2. The van der Waals surface area contributed by atoms with Crippen LogP contribution in [0, 0.1) is 0 Å². The van der Waals surface area contributed by atoms with Crippen LogP contribution in [0.2, 0.25) is 0 Å². The molecule has 1 aliphatic heterocycles. The van der Waals surface area contributed by atoms with Crippen molar-refractivity contribution in [2.24, 2.45) is 0 Å². The van der Waals surface area contributed by atoms with E-state index in [9.17, 15) is 0 Å². The second-order valence-corrected chi connectivity index (χ2v) is 6.21. The van der Waals surface area contributed by atoms with E-state index in [1.54, 1.807) is 0 Å². The van der Waals surface area contributed by atoms with Gasteiger partial charge in [-0.3, -0.25) is 0 Å². The molecule has 0 N–H and O–H groups in total. The molecule has 0 aliphatic carbocycles. The van der Waals surface area contributed by atoms with Crippen LogP contribution in [0.15, 0.2) is 60.7 Å². The van der Waals surface area contributed by atoms with Gasteiger partial charge in [-0.2, -0.15) is 0 Å². The molecule has 0 radical (unpaired) electrons. The van der Waals surface area contributed by atoms with Crippen molar-refractivity contribution in [2.45, 2.75) is 57.5 Å². The molecule has 122 valence electrons. The molecular formula is C21H26O2. The van der Waals surface area contributed by atoms with Gasteiger partial charge in [-0.1, -0.05) is 86.8 Å². The maximum atomic E-state index is 6.27. The third-order valence-corrected chi connectivity index (χ3v) is 4.42. The summed E-state index contributed by atoms with van der Waals surface area (Å²) < 4.78 is 12.5. The minimum Gasteiger partial charge on any atom is -0.342 e. The highest BCUT2D eigenvalue weighted by atomic mass is 16.7. The van der Waals surface area contributed by atoms with Crippen molar-refractivity contribution in [3.63, 3.8) is 0 Å². The second-order valence-electron chi connectivity index (χ2n) is 6.21. The SMILES string of the molecule is CCCCCCC1O[C@H](c2ccccc2)[C@@H](c2ccccc2)O1. The molecule has 0 aromatic heterocycles. The summed E-state index contributed by atoms with van der Waals surface area (Å²) in [5.41, 5.74) is 2.38. The van der Waals surface area contributed by atoms with Gasteiger partial charge in [-0.15, -0.1) is 0 Å². The van der Waals surface area contributed by atoms with Crippen LogP contribution in [0.4, 0.5) is 0 Å². The quantitative estimate of drug-likeness (QED) is 0.601. The molecule has 2 atom stereocenters. The van der Waals surface area contributed by atoms with E-state index in [0.717, 1.165) is 6.42 Å². The van der Waals surface area contributed by atoms with Gasteiger partial charge in [0.2, 0.25) is 0 Å². The molecule has 2 nitrogen and oxygen atoms in total. The predicted octanol–water partition coefficient (Wildman–Crippen LogP) is 5.81. The predicted molar refractivity (Wildman–Crippen MR) is 93.1 cm³/mol. The molecule has 0 bridgehead atoms. The highest BCUT2D eigenvalue weighted by Crippen LogP contribution is 2.43. The van der Waals surface area contributed by atoms with Crippen LogP contribution in [0.1, 0.15) is 62.4 Å². The molecule has 2 heteroatoms. The van der Waals surface area contributed by atoms with Crippen LogP contribution < -0.4 is 0 Å². The van der Waals surface area contributed by atoms with E-state index in [0.29, 0.717) is 0 Å². The lowest BCUT2D eigenvalue weighted by atomic mass is 9.99. The maximum Gasteiger partial charge on any atom is 0.159 e. The fourth-order valence-corrected chi connectivity index (χ4v) is 3.17. The molecule has 3 rings (SSSR count). The van der Waals surface area contributed by atoms with Crippen LogP contribution in [0.25, 0.3) is 0 Å². The van der Waals surface area contributed by atoms with Gasteiger partial charge < -0.3 is 9.47 Å². The molecular weight excluding hydrogens is 284 g/mol. The molecule has 0 unspecified atom stereocenters. The molecule has 0 amide bonds. The molecule has 0 saturated carbocycles. The zero-order chi connectivity index (χ0) is 15.9. The summed E-state index contributed by atoms with van der Waals surface area (Å²) in [6.07, 6.45) is 5.81. The largest absolute Gasteiger partial charge is 0.342 e. The van der Waals surface area contributed by atoms with E-state index in [1.807, 2.05) is 12.1 Å². The Kier molecular flexibility index (Phi) is 5.84. The van der Waals surface area contributed by atoms with Crippen LogP contribution in [0.3, 0.4) is 0 Å². The Morgan fingerprint density at radius 3 is 1.70 bits per heavy atom. The second kappa shape index (κ2) is 8.28. The zero-order valence-electron chi connectivity index (χ0n) is 13.9. The first-order chi connectivity index (χ1) is 11.4. The third kappa shape index (κ3) is 4.21. The van der Waals surface area contributed by atoms with E-state index >= 15 is 0 Å². The third-order valence-electron chi connectivity index (χ3n) is 4.42. The number of hydrogen-bond acceptors (Lipinski definition) is 2. The monoisotopic (exact) mass is 310 g/mol. The van der Waals surface area contributed by atoms with Gasteiger partial charge in [0, 0.05) is 0 Å². The van der Waals surface area contributed by atoms with Gasteiger partial charge in [-0.25, -0.2) is 0 Å². The lowest BCUT2D eigenvalue weighted by Gasteiger charge is -2.17. The summed E-state index contributed by atoms with van der Waals surface area (Å²) in [7, 11) is 0. The van der Waals surface area contributed by atoms with Gasteiger partial charge in [0.25, 0.3) is 0 Å². The summed E-state index contributed by atoms with van der Waals surface area (Å²) in [5, 5.41) is 0. The minimum atomic E-state index is -0.0951. The smallest absolute Gasteiger partial charge is 0.159 e. The minimum absolute atomic E-state index is 0.0187. The van der Waals surface area contributed by atoms with Gasteiger partial charge in [0.1, 0.15) is 12.2 Å². The number of ether oxygens (including phenoxy) is 2. The summed E-state index contributed by atoms with van der Waals surface area (Å²) in [5.74, 6) is 0. The van der Waals surface area contributed by atoms with Crippen molar-refractivity contribution >= 4 is 0 Å². The average molecular weight is 310 g/mol. The Labute approximate surface area is 139 Å². The zero-order valence-corrected chi connectivity index (χ0v) is 13.9. The highest BCUT2D eigenvalue weighted by Gasteiger charge is 2.37. The first-order valence-electron chi connectivity index (χ1n) is 8.79. The van der Waals surface area contributed by atoms with Crippen molar-refractivity contribution in [2.75, 3.05) is 0 Å². The van der Waals surface area contributed by atoms with E-state index in [4.69, 9.17) is 9.47 Å². The number of hydrogen-bond donors (Lipinski definition) is 0. The van der Waals surface area contributed by atoms with Crippen molar-refractivity contribution < 1.29 is 9.47 Å². The highest BCUT2D eigenvalue weighted by molar-refractivity contribution is 5.26. The fourth-order valence-electron chi connectivity index (χ4n) is 3.17. The van der Waals surface area contributed by atoms with Gasteiger partial charge >= 0.3 is 0 Å². The van der Waals surface area contributed by atoms with Crippen LogP contribution in [-0.4, -0.2) is 6.29 Å². The molecule has 2 aromatic carbocycles. The molecule has 1 fully saturated rings. The summed E-state index contributed by atoms with van der Waals surface area (Å²) in [6, 6.07) is 20.9. The van der Waals surface area contributed by atoms with E-state index in [2.05, 4.69) is 55.5 Å². The summed E-state index contributed by atoms with van der Waals surface area (Å²) in [4.78, 5) is 0. The van der Waals surface area contributed by atoms with E-state index < -0.39 is 0 Å². The lowest BCUT2D eigenvalue weighted by molar-refractivity contribution is -0.0724. The van der Waals surface area contributed by atoms with Gasteiger partial charge in [-0.05, 0) is 24.0 Å². The Morgan fingerprint density at radius 1 is 0.696 bits per heavy atom. The maximum absolute atomic E-state index is 6.27. The fraction of sp³-hybridized carbons (Fsp3) is 0.429. The van der Waals surface area contributed by atoms with Gasteiger partial charge in [0.05, 0.1) is 0 Å². The van der Waals surface area contributed by atoms with E-state index in [1.165, 1.54) is 36.8 Å². The molecule has 1 aliphatic rings. The average Bonchev–Trinajstić information content (AvgIpc) is 3.05. The lowest BCUT2D eigenvalue weighted by Crippen LogP contribution is -2.07. The van der Waals surface area contributed by atoms with Crippen LogP contribution in [0.5, 0.6) is 0 Å². The van der Waals surface area contributed by atoms with Crippen molar-refractivity contribution in [1.29, 1.82) is 0 Å². The molecule has 2 aromatic rings. The van der Waals surface area contributed by atoms with E-state index in [-0.39, 0.29) is 18.5 Å². The van der Waals surface area contributed by atoms with Crippen molar-refractivity contribution in [1.82, 2.24) is 0 Å². The first-order valence-corrected chi connectivity index (χ1v) is 8.79. The Morgan fingerprint density at radius 2 is 1.22 bits per heavy atom. The molecule has 1 heterocycles. The van der Waals surface area contributed by atoms with Crippen molar-refractivity contribution in [3.8, 4) is 0 Å². The molecule has 0 spiro atoms. The Balaban J connectivity index is 1.72. The normalized spacial score (nSPS) is 21.6. The molecule has 23 heavy (non-hydrogen) atoms. The van der Waals surface area contributed by atoms with Crippen LogP contribution in [-0.2, 0) is 9.47 Å². The van der Waals surface area contributed by atoms with Gasteiger partial charge in [0.15, 0.2) is 6.29 Å². The topological polar surface area (TPSA) is 18.5 Å². The van der Waals surface area contributed by atoms with Crippen LogP contribution >= 0.6 is 0 Å². The molecule has 1 saturated heterocycles. The number of rotatable bonds is 7. The Hall–Kier alpha value is -1.64. The number of unbranched alkanes of at least 4 members (excludes halogenated alkanes) is 3.